The number of benzene rings is 3. The molecule has 1 unspecified atom stereocenters. The third-order valence-electron chi connectivity index (χ3n) is 6.87. The van der Waals surface area contributed by atoms with Crippen LogP contribution in [0.4, 0.5) is 0 Å². The summed E-state index contributed by atoms with van der Waals surface area (Å²) in [7, 11) is 0. The molecule has 0 saturated carbocycles. The topological polar surface area (TPSA) is 52.8 Å². The Bertz CT molecular complexity index is 1660. The summed E-state index contributed by atoms with van der Waals surface area (Å²) >= 11 is 1.45. The van der Waals surface area contributed by atoms with Gasteiger partial charge in [0.25, 0.3) is 5.56 Å². The lowest BCUT2D eigenvalue weighted by atomic mass is 9.83. The van der Waals surface area contributed by atoms with Crippen molar-refractivity contribution in [2.24, 2.45) is 4.99 Å². The zero-order chi connectivity index (χ0) is 25.4. The molecule has 1 atom stereocenters. The maximum atomic E-state index is 13.9. The summed E-state index contributed by atoms with van der Waals surface area (Å²) in [6, 6.07) is 24.3. The molecule has 2 aliphatic rings. The fraction of sp³-hybridized carbons (Fsp3) is 0.226. The van der Waals surface area contributed by atoms with Gasteiger partial charge in [-0.15, -0.1) is 0 Å². The molecular weight excluding hydrogens is 480 g/mol. The third-order valence-corrected chi connectivity index (χ3v) is 7.85. The normalized spacial score (nSPS) is 16.5. The fourth-order valence-corrected chi connectivity index (χ4v) is 6.21. The number of ether oxygens (including phenoxy) is 2. The van der Waals surface area contributed by atoms with Crippen LogP contribution in [0.3, 0.4) is 0 Å². The molecule has 0 saturated heterocycles. The van der Waals surface area contributed by atoms with Gasteiger partial charge in [-0.3, -0.25) is 9.36 Å². The molecule has 1 aliphatic heterocycles. The monoisotopic (exact) mass is 508 g/mol. The third kappa shape index (κ3) is 4.31. The van der Waals surface area contributed by atoms with E-state index in [0.717, 1.165) is 46.0 Å². The Labute approximate surface area is 219 Å². The minimum atomic E-state index is -0.197. The highest BCUT2D eigenvalue weighted by Crippen LogP contribution is 2.41. The van der Waals surface area contributed by atoms with E-state index in [2.05, 4.69) is 36.4 Å². The maximum Gasteiger partial charge on any atom is 0.271 e. The van der Waals surface area contributed by atoms with Gasteiger partial charge in [0.15, 0.2) is 4.80 Å². The largest absolute Gasteiger partial charge is 0.494 e. The smallest absolute Gasteiger partial charge is 0.271 e. The highest BCUT2D eigenvalue weighted by Gasteiger charge is 2.32. The summed E-state index contributed by atoms with van der Waals surface area (Å²) in [6.45, 7) is 5.18. The molecule has 4 aromatic rings. The van der Waals surface area contributed by atoms with Crippen LogP contribution < -0.4 is 24.4 Å². The predicted molar refractivity (Wildman–Crippen MR) is 148 cm³/mol. The van der Waals surface area contributed by atoms with Gasteiger partial charge in [-0.1, -0.05) is 59.9 Å². The molecule has 0 amide bonds. The van der Waals surface area contributed by atoms with Crippen LogP contribution in [0.5, 0.6) is 11.5 Å². The molecule has 3 aromatic carbocycles. The van der Waals surface area contributed by atoms with Crippen molar-refractivity contribution in [3.63, 3.8) is 0 Å². The van der Waals surface area contributed by atoms with Crippen LogP contribution >= 0.6 is 11.3 Å². The molecule has 0 bridgehead atoms. The van der Waals surface area contributed by atoms with Crippen LogP contribution in [-0.4, -0.2) is 17.8 Å². The Morgan fingerprint density at radius 3 is 2.30 bits per heavy atom. The second-order valence-electron chi connectivity index (χ2n) is 9.12. The van der Waals surface area contributed by atoms with Gasteiger partial charge in [-0.2, -0.15) is 0 Å². The molecule has 1 aromatic heterocycles. The van der Waals surface area contributed by atoms with Crippen molar-refractivity contribution in [3.05, 3.63) is 120 Å². The summed E-state index contributed by atoms with van der Waals surface area (Å²) in [5.41, 5.74) is 6.70. The van der Waals surface area contributed by atoms with Crippen molar-refractivity contribution in [1.82, 2.24) is 4.57 Å². The van der Waals surface area contributed by atoms with Crippen molar-refractivity contribution in [1.29, 1.82) is 0 Å². The van der Waals surface area contributed by atoms with E-state index < -0.39 is 0 Å². The van der Waals surface area contributed by atoms with Gasteiger partial charge in [0.05, 0.1) is 29.5 Å². The van der Waals surface area contributed by atoms with Gasteiger partial charge in [0.2, 0.25) is 0 Å². The van der Waals surface area contributed by atoms with Crippen molar-refractivity contribution < 1.29 is 9.47 Å². The first-order chi connectivity index (χ1) is 18.2. The van der Waals surface area contributed by atoms with E-state index in [-0.39, 0.29) is 11.6 Å². The summed E-state index contributed by atoms with van der Waals surface area (Å²) in [4.78, 5) is 19.7. The lowest BCUT2D eigenvalue weighted by Crippen LogP contribution is -2.38. The molecule has 6 heteroatoms. The first-order valence-electron chi connectivity index (χ1n) is 12.7. The molecule has 0 fully saturated rings. The van der Waals surface area contributed by atoms with Crippen LogP contribution in [0, 0.1) is 0 Å². The van der Waals surface area contributed by atoms with Gasteiger partial charge in [0.1, 0.15) is 11.5 Å². The number of rotatable bonds is 6. The molecule has 0 radical (unpaired) electrons. The summed E-state index contributed by atoms with van der Waals surface area (Å²) in [5.74, 6) is 1.65. The Morgan fingerprint density at radius 1 is 0.919 bits per heavy atom. The molecule has 0 spiro atoms. The number of thiazole rings is 1. The number of hydrogen-bond acceptors (Lipinski definition) is 5. The Hall–Kier alpha value is -3.90. The number of hydrogen-bond donors (Lipinski definition) is 0. The second kappa shape index (κ2) is 9.87. The molecule has 5 nitrogen and oxygen atoms in total. The van der Waals surface area contributed by atoms with Crippen molar-refractivity contribution in [3.8, 4) is 11.5 Å². The van der Waals surface area contributed by atoms with Crippen molar-refractivity contribution in [2.45, 2.75) is 32.7 Å². The van der Waals surface area contributed by atoms with E-state index in [1.807, 2.05) is 60.9 Å². The molecule has 186 valence electrons. The highest BCUT2D eigenvalue weighted by atomic mass is 32.1. The van der Waals surface area contributed by atoms with E-state index in [4.69, 9.17) is 14.5 Å². The minimum Gasteiger partial charge on any atom is -0.494 e. The summed E-state index contributed by atoms with van der Waals surface area (Å²) < 4.78 is 13.8. The summed E-state index contributed by atoms with van der Waals surface area (Å²) in [6.07, 6.45) is 3.76. The average Bonchev–Trinajstić information content (AvgIpc) is 3.23. The standard InChI is InChI=1S/C31H28N2O3S/c1-3-35-23-14-9-20(10-15-23)19-27-30(34)33-29(22-11-16-24(17-12-22)36-4-2)26-18-13-21-7-5-6-8-25(21)28(26)32-31(33)37-27/h5-12,14-17,19,29H,3-4,13,18H2,1-2H3. The number of nitrogens with zero attached hydrogens (tertiary/aromatic N) is 2. The van der Waals surface area contributed by atoms with E-state index in [1.165, 1.54) is 28.0 Å². The Morgan fingerprint density at radius 2 is 1.59 bits per heavy atom. The van der Waals surface area contributed by atoms with Gasteiger partial charge in [0, 0.05) is 5.56 Å². The van der Waals surface area contributed by atoms with Crippen LogP contribution in [0.1, 0.15) is 48.6 Å². The quantitative estimate of drug-likeness (QED) is 0.364. The first-order valence-corrected chi connectivity index (χ1v) is 13.6. The Balaban J connectivity index is 1.53. The molecule has 2 heterocycles. The number of fused-ring (bicyclic) bond motifs is 3. The molecular formula is C31H28N2O3S. The number of aromatic nitrogens is 1. The number of allylic oxidation sites excluding steroid dienone is 1. The van der Waals surface area contributed by atoms with Crippen LogP contribution in [0.25, 0.3) is 11.8 Å². The molecule has 1 aliphatic carbocycles. The van der Waals surface area contributed by atoms with E-state index in [0.29, 0.717) is 17.7 Å². The summed E-state index contributed by atoms with van der Waals surface area (Å²) in [5, 5.41) is 0. The molecule has 0 N–H and O–H groups in total. The second-order valence-corrected chi connectivity index (χ2v) is 10.1. The van der Waals surface area contributed by atoms with E-state index >= 15 is 0 Å². The lowest BCUT2D eigenvalue weighted by molar-refractivity contribution is 0.340. The van der Waals surface area contributed by atoms with Crippen molar-refractivity contribution >= 4 is 23.1 Å². The van der Waals surface area contributed by atoms with Gasteiger partial charge in [-0.25, -0.2) is 4.99 Å². The molecule has 37 heavy (non-hydrogen) atoms. The van der Waals surface area contributed by atoms with Crippen LogP contribution in [0.15, 0.2) is 88.2 Å². The van der Waals surface area contributed by atoms with E-state index in [1.54, 1.807) is 0 Å². The predicted octanol–water partition coefficient (Wildman–Crippen LogP) is 5.12. The van der Waals surface area contributed by atoms with Crippen molar-refractivity contribution in [2.75, 3.05) is 13.2 Å². The Kier molecular flexibility index (Phi) is 6.26. The van der Waals surface area contributed by atoms with Gasteiger partial charge < -0.3 is 9.47 Å². The highest BCUT2D eigenvalue weighted by molar-refractivity contribution is 7.07. The number of aryl methyl sites for hydroxylation is 1. The zero-order valence-electron chi connectivity index (χ0n) is 20.9. The first kappa shape index (κ1) is 23.5. The minimum absolute atomic E-state index is 0.0121. The van der Waals surface area contributed by atoms with Gasteiger partial charge >= 0.3 is 0 Å². The fourth-order valence-electron chi connectivity index (χ4n) is 5.21. The molecule has 6 rings (SSSR count). The zero-order valence-corrected chi connectivity index (χ0v) is 21.8. The maximum absolute atomic E-state index is 13.9. The lowest BCUT2D eigenvalue weighted by Gasteiger charge is -2.30. The average molecular weight is 509 g/mol. The van der Waals surface area contributed by atoms with Crippen LogP contribution in [0.2, 0.25) is 0 Å². The SMILES string of the molecule is CCOc1ccc(C=c2sc3n(c2=O)C(c2ccc(OCC)cc2)C2=C(N=3)c3ccccc3CC2)cc1. The van der Waals surface area contributed by atoms with E-state index in [9.17, 15) is 4.79 Å². The van der Waals surface area contributed by atoms with Crippen LogP contribution in [-0.2, 0) is 6.42 Å². The van der Waals surface area contributed by atoms with Gasteiger partial charge in [-0.05, 0) is 79.3 Å².